The van der Waals surface area contributed by atoms with E-state index in [-0.39, 0.29) is 31.4 Å². The molecule has 3 N–H and O–H groups in total. The van der Waals surface area contributed by atoms with Crippen LogP contribution in [-0.2, 0) is 25.0 Å². The minimum absolute atomic E-state index is 0.00701. The number of hydrogen-bond donors (Lipinski definition) is 2. The number of carbonyl (C=O) groups is 3. The molecular formula is C30H37F2N5O5. The van der Waals surface area contributed by atoms with E-state index in [1.54, 1.807) is 31.2 Å². The van der Waals surface area contributed by atoms with E-state index in [0.29, 0.717) is 30.8 Å². The molecule has 1 saturated heterocycles. The maximum Gasteiger partial charge on any atom is 0.332 e. The normalized spacial score (nSPS) is 29.5. The summed E-state index contributed by atoms with van der Waals surface area (Å²) >= 11 is 0. The van der Waals surface area contributed by atoms with Crippen molar-refractivity contribution in [2.75, 3.05) is 13.2 Å². The van der Waals surface area contributed by atoms with Gasteiger partial charge in [0.25, 0.3) is 5.92 Å². The standard InChI is InChI=1S/C30H37F2N5O5/c1-3-41-28(40)30-16-18(30)11-7-5-4-6-8-12-20(33)27(39)37-17-19(15-23(37)25(38)36-30)42-26-24(29(2,31)32)34-21-13-9-10-14-22(21)35-26/h7,9-11,13-14,18-20,23H,3-6,8,12,15-17,33H2,1-2H3,(H,36,38)/b11-7-/t18-,19-,20+,23+,30-/m1/s1. The van der Waals surface area contributed by atoms with Crippen LogP contribution in [0.1, 0.15) is 64.5 Å². The van der Waals surface area contributed by atoms with Gasteiger partial charge >= 0.3 is 5.97 Å². The first-order valence-corrected chi connectivity index (χ1v) is 14.6. The lowest BCUT2D eigenvalue weighted by atomic mass is 10.1. The summed E-state index contributed by atoms with van der Waals surface area (Å²) in [6.45, 7) is 2.50. The molecule has 1 aromatic heterocycles. The summed E-state index contributed by atoms with van der Waals surface area (Å²) in [4.78, 5) is 50.0. The lowest BCUT2D eigenvalue weighted by Crippen LogP contribution is -2.55. The second-order valence-electron chi connectivity index (χ2n) is 11.4. The molecule has 10 nitrogen and oxygen atoms in total. The maximum atomic E-state index is 14.6. The van der Waals surface area contributed by atoms with Gasteiger partial charge in [-0.2, -0.15) is 8.78 Å². The third kappa shape index (κ3) is 6.08. The number of alkyl halides is 2. The molecule has 5 rings (SSSR count). The Morgan fingerprint density at radius 1 is 1.19 bits per heavy atom. The monoisotopic (exact) mass is 585 g/mol. The number of carbonyl (C=O) groups excluding carboxylic acids is 3. The third-order valence-electron chi connectivity index (χ3n) is 8.15. The van der Waals surface area contributed by atoms with Gasteiger partial charge in [-0.15, -0.1) is 0 Å². The van der Waals surface area contributed by atoms with Gasteiger partial charge in [0.05, 0.1) is 30.2 Å². The number of allylic oxidation sites excluding steroid dienone is 1. The van der Waals surface area contributed by atoms with Crippen molar-refractivity contribution in [1.29, 1.82) is 0 Å². The van der Waals surface area contributed by atoms with Crippen molar-refractivity contribution in [2.24, 2.45) is 11.7 Å². The summed E-state index contributed by atoms with van der Waals surface area (Å²) in [5.74, 6) is -5.46. The predicted molar refractivity (Wildman–Crippen MR) is 149 cm³/mol. The average Bonchev–Trinajstić information content (AvgIpc) is 3.48. The number of benzene rings is 1. The van der Waals surface area contributed by atoms with Crippen LogP contribution >= 0.6 is 0 Å². The van der Waals surface area contributed by atoms with Gasteiger partial charge in [-0.1, -0.05) is 37.1 Å². The number of nitrogens with one attached hydrogen (secondary N) is 1. The van der Waals surface area contributed by atoms with E-state index < -0.39 is 53.1 Å². The maximum absolute atomic E-state index is 14.6. The minimum atomic E-state index is -3.36. The highest BCUT2D eigenvalue weighted by Crippen LogP contribution is 2.46. The van der Waals surface area contributed by atoms with E-state index in [1.807, 2.05) is 12.2 Å². The molecule has 0 spiro atoms. The molecule has 2 aliphatic heterocycles. The molecule has 42 heavy (non-hydrogen) atoms. The van der Waals surface area contributed by atoms with Crippen LogP contribution in [0.2, 0.25) is 0 Å². The SMILES string of the molecule is CCOC(=O)[C@@]12C[C@H]1/C=C\CCCCC[C@H](N)C(=O)N1C[C@H](Oc3nc4ccccc4nc3C(C)(F)F)C[C@H]1C(=O)N2. The number of fused-ring (bicyclic) bond motifs is 3. The molecule has 226 valence electrons. The van der Waals surface area contributed by atoms with Crippen LogP contribution in [-0.4, -0.2) is 69.5 Å². The van der Waals surface area contributed by atoms with Crippen LogP contribution in [0.3, 0.4) is 0 Å². The lowest BCUT2D eigenvalue weighted by molar-refractivity contribution is -0.150. The number of halogens is 2. The molecule has 3 aliphatic rings. The van der Waals surface area contributed by atoms with E-state index in [4.69, 9.17) is 15.2 Å². The first kappa shape index (κ1) is 29.8. The first-order chi connectivity index (χ1) is 20.0. The highest BCUT2D eigenvalue weighted by molar-refractivity contribution is 5.96. The fraction of sp³-hybridized carbons (Fsp3) is 0.567. The van der Waals surface area contributed by atoms with Crippen LogP contribution in [0.15, 0.2) is 36.4 Å². The van der Waals surface area contributed by atoms with Gasteiger partial charge in [0, 0.05) is 19.3 Å². The zero-order chi connectivity index (χ0) is 30.1. The molecule has 0 unspecified atom stereocenters. The Morgan fingerprint density at radius 2 is 1.93 bits per heavy atom. The molecule has 1 aromatic carbocycles. The molecule has 2 fully saturated rings. The van der Waals surface area contributed by atoms with Crippen molar-refractivity contribution in [1.82, 2.24) is 20.2 Å². The van der Waals surface area contributed by atoms with Crippen LogP contribution in [0, 0.1) is 5.92 Å². The predicted octanol–water partition coefficient (Wildman–Crippen LogP) is 3.38. The first-order valence-electron chi connectivity index (χ1n) is 14.6. The van der Waals surface area contributed by atoms with Crippen LogP contribution in [0.25, 0.3) is 11.0 Å². The highest BCUT2D eigenvalue weighted by atomic mass is 19.3. The fourth-order valence-electron chi connectivity index (χ4n) is 5.80. The highest BCUT2D eigenvalue weighted by Gasteiger charge is 2.62. The Bertz CT molecular complexity index is 1380. The number of nitrogens with two attached hydrogens (primary N) is 1. The van der Waals surface area contributed by atoms with Crippen molar-refractivity contribution in [3.8, 4) is 5.88 Å². The largest absolute Gasteiger partial charge is 0.471 e. The number of para-hydroxylation sites is 2. The second-order valence-corrected chi connectivity index (χ2v) is 11.4. The second kappa shape index (κ2) is 11.9. The number of hydrogen-bond acceptors (Lipinski definition) is 8. The van der Waals surface area contributed by atoms with Gasteiger partial charge < -0.3 is 25.4 Å². The quantitative estimate of drug-likeness (QED) is 0.403. The number of amides is 2. The molecule has 12 heteroatoms. The Hall–Kier alpha value is -3.67. The molecule has 0 radical (unpaired) electrons. The smallest absolute Gasteiger partial charge is 0.332 e. The number of nitrogens with zero attached hydrogens (tertiary/aromatic N) is 3. The molecule has 2 amide bonds. The Kier molecular flexibility index (Phi) is 8.45. The number of rotatable bonds is 5. The fourth-order valence-corrected chi connectivity index (χ4v) is 5.80. The van der Waals surface area contributed by atoms with Gasteiger partial charge in [-0.3, -0.25) is 9.59 Å². The Morgan fingerprint density at radius 3 is 2.64 bits per heavy atom. The van der Waals surface area contributed by atoms with Crippen molar-refractivity contribution < 1.29 is 32.6 Å². The van der Waals surface area contributed by atoms with E-state index in [9.17, 15) is 23.2 Å². The molecule has 0 bridgehead atoms. The summed E-state index contributed by atoms with van der Waals surface area (Å²) < 4.78 is 40.5. The molecule has 2 aromatic rings. The molecular weight excluding hydrogens is 548 g/mol. The third-order valence-corrected chi connectivity index (χ3v) is 8.15. The number of ether oxygens (including phenoxy) is 2. The van der Waals surface area contributed by atoms with Crippen LogP contribution in [0.5, 0.6) is 5.88 Å². The van der Waals surface area contributed by atoms with Crippen molar-refractivity contribution in [3.05, 3.63) is 42.1 Å². The minimum Gasteiger partial charge on any atom is -0.471 e. The van der Waals surface area contributed by atoms with E-state index in [0.717, 1.165) is 25.7 Å². The zero-order valence-electron chi connectivity index (χ0n) is 23.9. The lowest BCUT2D eigenvalue weighted by Gasteiger charge is -2.28. The van der Waals surface area contributed by atoms with E-state index >= 15 is 0 Å². The Labute approximate surface area is 243 Å². The van der Waals surface area contributed by atoms with Gasteiger partial charge in [-0.25, -0.2) is 14.8 Å². The van der Waals surface area contributed by atoms with Gasteiger partial charge in [0.2, 0.25) is 17.7 Å². The molecule has 1 aliphatic carbocycles. The molecule has 5 atom stereocenters. The van der Waals surface area contributed by atoms with E-state index in [2.05, 4.69) is 15.3 Å². The zero-order valence-corrected chi connectivity index (χ0v) is 23.9. The summed E-state index contributed by atoms with van der Waals surface area (Å²) in [6, 6.07) is 4.72. The summed E-state index contributed by atoms with van der Waals surface area (Å²) in [6.07, 6.45) is 7.26. The number of aromatic nitrogens is 2. The van der Waals surface area contributed by atoms with Gasteiger partial charge in [0.15, 0.2) is 5.69 Å². The van der Waals surface area contributed by atoms with Crippen molar-refractivity contribution in [2.45, 2.75) is 88.4 Å². The van der Waals surface area contributed by atoms with Crippen molar-refractivity contribution >= 4 is 28.8 Å². The molecule has 3 heterocycles. The van der Waals surface area contributed by atoms with Gasteiger partial charge in [0.1, 0.15) is 17.7 Å². The topological polar surface area (TPSA) is 137 Å². The van der Waals surface area contributed by atoms with Gasteiger partial charge in [-0.05, 0) is 44.7 Å². The van der Waals surface area contributed by atoms with Crippen LogP contribution in [0.4, 0.5) is 8.78 Å². The summed E-state index contributed by atoms with van der Waals surface area (Å²) in [5, 5.41) is 2.87. The molecule has 1 saturated carbocycles. The van der Waals surface area contributed by atoms with E-state index in [1.165, 1.54) is 4.90 Å². The summed E-state index contributed by atoms with van der Waals surface area (Å²) in [5.41, 5.74) is 5.08. The number of esters is 1. The Balaban J connectivity index is 1.45. The average molecular weight is 586 g/mol. The van der Waals surface area contributed by atoms with Crippen molar-refractivity contribution in [3.63, 3.8) is 0 Å². The van der Waals surface area contributed by atoms with Crippen LogP contribution < -0.4 is 15.8 Å². The summed E-state index contributed by atoms with van der Waals surface area (Å²) in [7, 11) is 0.